The van der Waals surface area contributed by atoms with E-state index in [9.17, 15) is 0 Å². The lowest BCUT2D eigenvalue weighted by Gasteiger charge is -2.26. The molecule has 1 aliphatic carbocycles. The summed E-state index contributed by atoms with van der Waals surface area (Å²) in [5, 5.41) is 0. The molecular formula is C14H21NO. The van der Waals surface area contributed by atoms with Crippen LogP contribution in [-0.2, 0) is 6.42 Å². The Kier molecular flexibility index (Phi) is 3.83. The Morgan fingerprint density at radius 1 is 1.12 bits per heavy atom. The largest absolute Gasteiger partial charge is 0.497 e. The predicted octanol–water partition coefficient (Wildman–Crippen LogP) is 2.76. The van der Waals surface area contributed by atoms with Gasteiger partial charge in [-0.25, -0.2) is 0 Å². The number of rotatable bonds is 3. The first-order chi connectivity index (χ1) is 7.78. The molecule has 0 atom stereocenters. The van der Waals surface area contributed by atoms with Crippen LogP contribution in [0.2, 0.25) is 0 Å². The van der Waals surface area contributed by atoms with Crippen molar-refractivity contribution < 1.29 is 4.74 Å². The predicted molar refractivity (Wildman–Crippen MR) is 66.6 cm³/mol. The van der Waals surface area contributed by atoms with Crippen molar-refractivity contribution in [3.05, 3.63) is 29.8 Å². The second kappa shape index (κ2) is 5.35. The Labute approximate surface area is 97.8 Å². The molecule has 1 saturated carbocycles. The molecule has 0 bridgehead atoms. The van der Waals surface area contributed by atoms with Gasteiger partial charge in [0.25, 0.3) is 0 Å². The molecule has 2 rings (SSSR count). The number of benzene rings is 1. The molecule has 16 heavy (non-hydrogen) atoms. The van der Waals surface area contributed by atoms with E-state index in [2.05, 4.69) is 12.1 Å². The molecule has 0 amide bonds. The Hall–Kier alpha value is -1.02. The fourth-order valence-electron chi connectivity index (χ4n) is 2.49. The Morgan fingerprint density at radius 2 is 1.75 bits per heavy atom. The lowest BCUT2D eigenvalue weighted by Crippen LogP contribution is -2.27. The molecule has 1 fully saturated rings. The van der Waals surface area contributed by atoms with Crippen molar-refractivity contribution in [3.8, 4) is 5.75 Å². The van der Waals surface area contributed by atoms with Gasteiger partial charge in [-0.05, 0) is 55.7 Å². The van der Waals surface area contributed by atoms with Gasteiger partial charge in [0.1, 0.15) is 5.75 Å². The lowest BCUT2D eigenvalue weighted by atomic mass is 9.83. The van der Waals surface area contributed by atoms with E-state index in [0.29, 0.717) is 6.04 Å². The first-order valence-corrected chi connectivity index (χ1v) is 6.16. The Bertz CT molecular complexity index is 312. The Balaban J connectivity index is 1.88. The Morgan fingerprint density at radius 3 is 2.31 bits per heavy atom. The van der Waals surface area contributed by atoms with Crippen LogP contribution in [0, 0.1) is 5.92 Å². The third-order valence-corrected chi connectivity index (χ3v) is 3.57. The summed E-state index contributed by atoms with van der Waals surface area (Å²) >= 11 is 0. The van der Waals surface area contributed by atoms with Crippen molar-refractivity contribution in [2.75, 3.05) is 7.11 Å². The van der Waals surface area contributed by atoms with E-state index >= 15 is 0 Å². The SMILES string of the molecule is COc1ccc(C[C@H]2CC[C@H](N)CC2)cc1. The number of ether oxygens (including phenoxy) is 1. The first kappa shape index (κ1) is 11.5. The van der Waals surface area contributed by atoms with Gasteiger partial charge in [0, 0.05) is 6.04 Å². The summed E-state index contributed by atoms with van der Waals surface area (Å²) in [4.78, 5) is 0. The fourth-order valence-corrected chi connectivity index (χ4v) is 2.49. The molecule has 1 aromatic carbocycles. The van der Waals surface area contributed by atoms with Crippen LogP contribution in [0.4, 0.5) is 0 Å². The van der Waals surface area contributed by atoms with Crippen molar-refractivity contribution in [2.45, 2.75) is 38.1 Å². The van der Waals surface area contributed by atoms with E-state index in [0.717, 1.165) is 11.7 Å². The number of nitrogens with two attached hydrogens (primary N) is 1. The average Bonchev–Trinajstić information content (AvgIpc) is 2.33. The van der Waals surface area contributed by atoms with Gasteiger partial charge in [-0.3, -0.25) is 0 Å². The van der Waals surface area contributed by atoms with Crippen LogP contribution in [-0.4, -0.2) is 13.2 Å². The van der Waals surface area contributed by atoms with Crippen LogP contribution < -0.4 is 10.5 Å². The van der Waals surface area contributed by atoms with Gasteiger partial charge < -0.3 is 10.5 Å². The summed E-state index contributed by atoms with van der Waals surface area (Å²) in [5.41, 5.74) is 7.33. The minimum absolute atomic E-state index is 0.451. The maximum Gasteiger partial charge on any atom is 0.118 e. The molecule has 0 unspecified atom stereocenters. The van der Waals surface area contributed by atoms with Crippen molar-refractivity contribution in [1.82, 2.24) is 0 Å². The molecule has 0 spiro atoms. The molecule has 2 heteroatoms. The number of hydrogen-bond acceptors (Lipinski definition) is 2. The highest BCUT2D eigenvalue weighted by molar-refractivity contribution is 5.27. The number of methoxy groups -OCH3 is 1. The molecule has 0 heterocycles. The maximum atomic E-state index is 5.91. The summed E-state index contributed by atoms with van der Waals surface area (Å²) in [6.07, 6.45) is 6.15. The van der Waals surface area contributed by atoms with Crippen LogP contribution in [0.1, 0.15) is 31.2 Å². The van der Waals surface area contributed by atoms with Crippen LogP contribution in [0.5, 0.6) is 5.75 Å². The summed E-state index contributed by atoms with van der Waals surface area (Å²) in [6.45, 7) is 0. The third-order valence-electron chi connectivity index (χ3n) is 3.57. The summed E-state index contributed by atoms with van der Waals surface area (Å²) < 4.78 is 5.16. The smallest absolute Gasteiger partial charge is 0.118 e. The van der Waals surface area contributed by atoms with Gasteiger partial charge in [-0.2, -0.15) is 0 Å². The fraction of sp³-hybridized carbons (Fsp3) is 0.571. The van der Waals surface area contributed by atoms with E-state index in [1.54, 1.807) is 7.11 Å². The molecule has 0 radical (unpaired) electrons. The molecule has 0 aliphatic heterocycles. The van der Waals surface area contributed by atoms with Crippen molar-refractivity contribution in [2.24, 2.45) is 11.7 Å². The van der Waals surface area contributed by atoms with E-state index in [-0.39, 0.29) is 0 Å². The molecule has 1 aromatic rings. The average molecular weight is 219 g/mol. The van der Waals surface area contributed by atoms with Gasteiger partial charge in [0.05, 0.1) is 7.11 Å². The third kappa shape index (κ3) is 2.99. The summed E-state index contributed by atoms with van der Waals surface area (Å²) in [5.74, 6) is 1.77. The van der Waals surface area contributed by atoms with E-state index < -0.39 is 0 Å². The molecule has 0 saturated heterocycles. The van der Waals surface area contributed by atoms with Gasteiger partial charge in [0.2, 0.25) is 0 Å². The van der Waals surface area contributed by atoms with Crippen LogP contribution >= 0.6 is 0 Å². The van der Waals surface area contributed by atoms with E-state index in [1.165, 1.54) is 37.7 Å². The molecule has 2 nitrogen and oxygen atoms in total. The van der Waals surface area contributed by atoms with Crippen LogP contribution in [0.15, 0.2) is 24.3 Å². The van der Waals surface area contributed by atoms with Crippen LogP contribution in [0.3, 0.4) is 0 Å². The lowest BCUT2D eigenvalue weighted by molar-refractivity contribution is 0.325. The van der Waals surface area contributed by atoms with Crippen molar-refractivity contribution >= 4 is 0 Å². The van der Waals surface area contributed by atoms with Gasteiger partial charge in [-0.1, -0.05) is 12.1 Å². The van der Waals surface area contributed by atoms with Gasteiger partial charge in [-0.15, -0.1) is 0 Å². The van der Waals surface area contributed by atoms with E-state index in [4.69, 9.17) is 10.5 Å². The van der Waals surface area contributed by atoms with Crippen LogP contribution in [0.25, 0.3) is 0 Å². The molecule has 88 valence electrons. The van der Waals surface area contributed by atoms with Gasteiger partial charge in [0.15, 0.2) is 0 Å². The van der Waals surface area contributed by atoms with Gasteiger partial charge >= 0.3 is 0 Å². The quantitative estimate of drug-likeness (QED) is 0.848. The summed E-state index contributed by atoms with van der Waals surface area (Å²) in [6, 6.07) is 8.89. The van der Waals surface area contributed by atoms with Crippen molar-refractivity contribution in [1.29, 1.82) is 0 Å². The standard InChI is InChI=1S/C14H21NO/c1-16-14-8-4-12(5-9-14)10-11-2-6-13(15)7-3-11/h4-5,8-9,11,13H,2-3,6-7,10,15H2,1H3/t11-,13-. The van der Waals surface area contributed by atoms with Crippen molar-refractivity contribution in [3.63, 3.8) is 0 Å². The normalized spacial score (nSPS) is 25.4. The second-order valence-electron chi connectivity index (χ2n) is 4.83. The minimum Gasteiger partial charge on any atom is -0.497 e. The maximum absolute atomic E-state index is 5.91. The minimum atomic E-state index is 0.451. The molecule has 1 aliphatic rings. The molecular weight excluding hydrogens is 198 g/mol. The highest BCUT2D eigenvalue weighted by atomic mass is 16.5. The molecule has 2 N–H and O–H groups in total. The second-order valence-corrected chi connectivity index (χ2v) is 4.83. The zero-order valence-corrected chi connectivity index (χ0v) is 9.99. The highest BCUT2D eigenvalue weighted by Gasteiger charge is 2.18. The highest BCUT2D eigenvalue weighted by Crippen LogP contribution is 2.26. The van der Waals surface area contributed by atoms with E-state index in [1.807, 2.05) is 12.1 Å². The first-order valence-electron chi connectivity index (χ1n) is 6.16. The molecule has 0 aromatic heterocycles. The monoisotopic (exact) mass is 219 g/mol. The zero-order chi connectivity index (χ0) is 11.4. The topological polar surface area (TPSA) is 35.2 Å². The summed E-state index contributed by atoms with van der Waals surface area (Å²) in [7, 11) is 1.71. The number of hydrogen-bond donors (Lipinski definition) is 1. The zero-order valence-electron chi connectivity index (χ0n) is 9.99.